The molecule has 1 aromatic rings. The van der Waals surface area contributed by atoms with Crippen molar-refractivity contribution in [1.29, 1.82) is 0 Å². The zero-order chi connectivity index (χ0) is 9.42. The standard InChI is InChI=1S/C11H15NO/c1-7-9-5-3-2-4-8(9)6-10(12)11(7)13/h6,13H,2-5,12H2,1H3. The molecular formula is C11H15NO. The molecule has 0 saturated heterocycles. The van der Waals surface area contributed by atoms with Crippen LogP contribution in [0.25, 0.3) is 0 Å². The highest BCUT2D eigenvalue weighted by Crippen LogP contribution is 2.34. The fourth-order valence-electron chi connectivity index (χ4n) is 2.13. The van der Waals surface area contributed by atoms with E-state index in [4.69, 9.17) is 5.73 Å². The topological polar surface area (TPSA) is 46.2 Å². The molecule has 0 atom stereocenters. The molecule has 70 valence electrons. The molecule has 0 amide bonds. The molecule has 2 nitrogen and oxygen atoms in total. The van der Waals surface area contributed by atoms with Crippen molar-refractivity contribution in [3.63, 3.8) is 0 Å². The number of anilines is 1. The predicted octanol–water partition coefficient (Wildman–Crippen LogP) is 2.16. The lowest BCUT2D eigenvalue weighted by Gasteiger charge is -2.19. The Bertz CT molecular complexity index is 344. The van der Waals surface area contributed by atoms with Gasteiger partial charge in [0.1, 0.15) is 5.75 Å². The summed E-state index contributed by atoms with van der Waals surface area (Å²) in [6.45, 7) is 1.95. The zero-order valence-corrected chi connectivity index (χ0v) is 7.93. The Labute approximate surface area is 78.4 Å². The number of hydrogen-bond acceptors (Lipinski definition) is 2. The molecule has 1 aromatic carbocycles. The first-order valence-electron chi connectivity index (χ1n) is 4.80. The van der Waals surface area contributed by atoms with Crippen LogP contribution in [-0.4, -0.2) is 5.11 Å². The molecule has 0 aliphatic heterocycles. The van der Waals surface area contributed by atoms with Crippen LogP contribution in [0.1, 0.15) is 29.5 Å². The quantitative estimate of drug-likeness (QED) is 0.471. The second kappa shape index (κ2) is 2.95. The van der Waals surface area contributed by atoms with E-state index in [-0.39, 0.29) is 5.75 Å². The number of fused-ring (bicyclic) bond motifs is 1. The van der Waals surface area contributed by atoms with E-state index in [9.17, 15) is 5.11 Å². The van der Waals surface area contributed by atoms with Crippen molar-refractivity contribution in [2.24, 2.45) is 0 Å². The minimum atomic E-state index is 0.278. The Morgan fingerprint density at radius 1 is 1.31 bits per heavy atom. The molecular weight excluding hydrogens is 162 g/mol. The Morgan fingerprint density at radius 2 is 2.00 bits per heavy atom. The van der Waals surface area contributed by atoms with E-state index in [1.54, 1.807) is 0 Å². The van der Waals surface area contributed by atoms with Crippen LogP contribution in [0.3, 0.4) is 0 Å². The van der Waals surface area contributed by atoms with Crippen molar-refractivity contribution >= 4 is 5.69 Å². The summed E-state index contributed by atoms with van der Waals surface area (Å²) in [7, 11) is 0. The molecule has 0 radical (unpaired) electrons. The third-order valence-electron chi connectivity index (χ3n) is 2.92. The van der Waals surface area contributed by atoms with E-state index < -0.39 is 0 Å². The summed E-state index contributed by atoms with van der Waals surface area (Å²) >= 11 is 0. The third kappa shape index (κ3) is 1.26. The number of nitrogen functional groups attached to an aromatic ring is 1. The minimum absolute atomic E-state index is 0.278. The zero-order valence-electron chi connectivity index (χ0n) is 7.93. The van der Waals surface area contributed by atoms with E-state index in [1.165, 1.54) is 24.0 Å². The highest BCUT2D eigenvalue weighted by Gasteiger charge is 2.15. The lowest BCUT2D eigenvalue weighted by Crippen LogP contribution is -2.06. The fourth-order valence-corrected chi connectivity index (χ4v) is 2.13. The minimum Gasteiger partial charge on any atom is -0.506 e. The highest BCUT2D eigenvalue weighted by atomic mass is 16.3. The van der Waals surface area contributed by atoms with E-state index in [2.05, 4.69) is 0 Å². The van der Waals surface area contributed by atoms with Gasteiger partial charge in [0.05, 0.1) is 5.69 Å². The Morgan fingerprint density at radius 3 is 2.77 bits per heavy atom. The average molecular weight is 177 g/mol. The number of aromatic hydroxyl groups is 1. The molecule has 13 heavy (non-hydrogen) atoms. The number of nitrogens with two attached hydrogens (primary N) is 1. The van der Waals surface area contributed by atoms with Crippen molar-refractivity contribution in [2.75, 3.05) is 5.73 Å². The molecule has 0 bridgehead atoms. The highest BCUT2D eigenvalue weighted by molar-refractivity contribution is 5.61. The van der Waals surface area contributed by atoms with Gasteiger partial charge in [-0.05, 0) is 55.4 Å². The first-order valence-corrected chi connectivity index (χ1v) is 4.80. The lowest BCUT2D eigenvalue weighted by atomic mass is 9.88. The fraction of sp³-hybridized carbons (Fsp3) is 0.455. The summed E-state index contributed by atoms with van der Waals surface area (Å²) in [4.78, 5) is 0. The van der Waals surface area contributed by atoms with Crippen molar-refractivity contribution < 1.29 is 5.11 Å². The number of aryl methyl sites for hydroxylation is 1. The summed E-state index contributed by atoms with van der Waals surface area (Å²) in [6.07, 6.45) is 4.68. The van der Waals surface area contributed by atoms with Gasteiger partial charge in [0.15, 0.2) is 0 Å². The maximum absolute atomic E-state index is 9.64. The number of rotatable bonds is 0. The van der Waals surface area contributed by atoms with Crippen LogP contribution in [0, 0.1) is 6.92 Å². The Hall–Kier alpha value is -1.18. The van der Waals surface area contributed by atoms with Gasteiger partial charge in [-0.2, -0.15) is 0 Å². The van der Waals surface area contributed by atoms with Gasteiger partial charge in [0, 0.05) is 0 Å². The molecule has 0 fully saturated rings. The maximum Gasteiger partial charge on any atom is 0.141 e. The predicted molar refractivity (Wildman–Crippen MR) is 53.9 cm³/mol. The summed E-state index contributed by atoms with van der Waals surface area (Å²) in [5.41, 5.74) is 9.85. The van der Waals surface area contributed by atoms with Crippen molar-refractivity contribution in [3.8, 4) is 5.75 Å². The number of phenols is 1. The van der Waals surface area contributed by atoms with Gasteiger partial charge >= 0.3 is 0 Å². The van der Waals surface area contributed by atoms with Crippen molar-refractivity contribution in [1.82, 2.24) is 0 Å². The van der Waals surface area contributed by atoms with Crippen LogP contribution in [0.4, 0.5) is 5.69 Å². The Balaban J connectivity index is 2.60. The molecule has 0 saturated carbocycles. The molecule has 0 spiro atoms. The molecule has 1 aliphatic rings. The summed E-state index contributed by atoms with van der Waals surface area (Å²) in [5, 5.41) is 9.64. The average Bonchev–Trinajstić information content (AvgIpc) is 2.15. The van der Waals surface area contributed by atoms with Crippen LogP contribution < -0.4 is 5.73 Å². The largest absolute Gasteiger partial charge is 0.506 e. The maximum atomic E-state index is 9.64. The third-order valence-corrected chi connectivity index (χ3v) is 2.92. The second-order valence-corrected chi connectivity index (χ2v) is 3.78. The van der Waals surface area contributed by atoms with Crippen LogP contribution in [0.2, 0.25) is 0 Å². The van der Waals surface area contributed by atoms with Crippen molar-refractivity contribution in [3.05, 3.63) is 22.8 Å². The van der Waals surface area contributed by atoms with Crippen molar-refractivity contribution in [2.45, 2.75) is 32.6 Å². The molecule has 0 heterocycles. The smallest absolute Gasteiger partial charge is 0.141 e. The van der Waals surface area contributed by atoms with E-state index in [0.717, 1.165) is 18.4 Å². The summed E-state index contributed by atoms with van der Waals surface area (Å²) in [6, 6.07) is 1.93. The van der Waals surface area contributed by atoms with E-state index in [1.807, 2.05) is 13.0 Å². The summed E-state index contributed by atoms with van der Waals surface area (Å²) < 4.78 is 0. The van der Waals surface area contributed by atoms with Gasteiger partial charge in [-0.1, -0.05) is 0 Å². The monoisotopic (exact) mass is 177 g/mol. The molecule has 2 heteroatoms. The molecule has 2 rings (SSSR count). The molecule has 3 N–H and O–H groups in total. The Kier molecular flexibility index (Phi) is 1.91. The van der Waals surface area contributed by atoms with Gasteiger partial charge in [-0.3, -0.25) is 0 Å². The first kappa shape index (κ1) is 8.42. The van der Waals surface area contributed by atoms with Crippen LogP contribution in [0.15, 0.2) is 6.07 Å². The first-order chi connectivity index (χ1) is 6.20. The van der Waals surface area contributed by atoms with Crippen LogP contribution in [-0.2, 0) is 12.8 Å². The van der Waals surface area contributed by atoms with Gasteiger partial charge in [0.25, 0.3) is 0 Å². The van der Waals surface area contributed by atoms with Crippen LogP contribution in [0.5, 0.6) is 5.75 Å². The van der Waals surface area contributed by atoms with Gasteiger partial charge < -0.3 is 10.8 Å². The normalized spacial score (nSPS) is 15.5. The van der Waals surface area contributed by atoms with E-state index in [0.29, 0.717) is 5.69 Å². The molecule has 0 aromatic heterocycles. The van der Waals surface area contributed by atoms with Gasteiger partial charge in [0.2, 0.25) is 0 Å². The molecule has 0 unspecified atom stereocenters. The van der Waals surface area contributed by atoms with Crippen LogP contribution >= 0.6 is 0 Å². The number of benzene rings is 1. The number of phenolic OH excluding ortho intramolecular Hbond substituents is 1. The van der Waals surface area contributed by atoms with Gasteiger partial charge in [-0.25, -0.2) is 0 Å². The second-order valence-electron chi connectivity index (χ2n) is 3.78. The molecule has 1 aliphatic carbocycles. The number of hydrogen-bond donors (Lipinski definition) is 2. The van der Waals surface area contributed by atoms with E-state index >= 15 is 0 Å². The summed E-state index contributed by atoms with van der Waals surface area (Å²) in [5.74, 6) is 0.278. The lowest BCUT2D eigenvalue weighted by molar-refractivity contribution is 0.471. The SMILES string of the molecule is Cc1c(O)c(N)cc2c1CCCC2. The van der Waals surface area contributed by atoms with Gasteiger partial charge in [-0.15, -0.1) is 0 Å².